The average molecular weight is 564 g/mol. The van der Waals surface area contributed by atoms with Crippen LogP contribution >= 0.6 is 14.2 Å². The monoisotopic (exact) mass is 562 g/mol. The molecule has 0 fully saturated rings. The molecule has 0 saturated heterocycles. The predicted molar refractivity (Wildman–Crippen MR) is 143 cm³/mol. The van der Waals surface area contributed by atoms with Gasteiger partial charge in [-0.1, -0.05) is 57.0 Å². The van der Waals surface area contributed by atoms with Gasteiger partial charge in [0.1, 0.15) is 11.6 Å². The molecule has 5 rings (SSSR count). The zero-order valence-electron chi connectivity index (χ0n) is 19.7. The molecule has 34 heavy (non-hydrogen) atoms. The second-order valence-electron chi connectivity index (χ2n) is 8.40. The first-order valence-electron chi connectivity index (χ1n) is 11.9. The molecule has 0 N–H and O–H groups in total. The molecule has 0 aliphatic carbocycles. The van der Waals surface area contributed by atoms with E-state index in [9.17, 15) is 0 Å². The maximum absolute atomic E-state index is 5.10. The van der Waals surface area contributed by atoms with Gasteiger partial charge in [0.2, 0.25) is 0 Å². The Morgan fingerprint density at radius 2 is 1.06 bits per heavy atom. The van der Waals surface area contributed by atoms with Crippen molar-refractivity contribution in [2.75, 3.05) is 32.7 Å². The number of nitrogens with zero attached hydrogens (tertiary/aromatic N) is 5. The van der Waals surface area contributed by atoms with Crippen LogP contribution in [0.3, 0.4) is 0 Å². The molecule has 0 radical (unpaired) electrons. The van der Waals surface area contributed by atoms with Crippen LogP contribution < -0.4 is 19.6 Å². The van der Waals surface area contributed by atoms with E-state index >= 15 is 0 Å². The van der Waals surface area contributed by atoms with Crippen molar-refractivity contribution >= 4 is 48.6 Å². The zero-order chi connectivity index (χ0) is 23.9. The standard InChI is InChI=1S/C27H31N5.BrH.Ni/c1-3-5-18-29-20-31(24-14-9-7-12-22(24)29)26-16-11-17-27(28-26)32-21-30(19-6-4-2)23-13-8-10-15-25(23)32;;/h7-17,20-21H,3-6,18-19H2,1-2H3;1H;/q-2;;+1/p-1. The van der Waals surface area contributed by atoms with E-state index in [1.54, 1.807) is 0 Å². The van der Waals surface area contributed by atoms with E-state index in [1.807, 2.05) is 0 Å². The number of rotatable bonds is 8. The molecule has 7 heteroatoms. The molecule has 3 heterocycles. The van der Waals surface area contributed by atoms with Crippen LogP contribution in [0.15, 0.2) is 66.7 Å². The fraction of sp³-hybridized carbons (Fsp3) is 0.296. The Labute approximate surface area is 218 Å². The van der Waals surface area contributed by atoms with Crippen LogP contribution in [0.5, 0.6) is 0 Å². The number of aromatic nitrogens is 1. The first-order chi connectivity index (χ1) is 16.8. The molecule has 2 aromatic carbocycles. The first-order valence-corrected chi connectivity index (χ1v) is 14.3. The Balaban J connectivity index is 0.00000133. The van der Waals surface area contributed by atoms with Gasteiger partial charge in [0.15, 0.2) is 0 Å². The fourth-order valence-electron chi connectivity index (χ4n) is 4.41. The summed E-state index contributed by atoms with van der Waals surface area (Å²) in [7, 11) is 0. The second-order valence-corrected chi connectivity index (χ2v) is 8.40. The normalized spacial score (nSPS) is 14.1. The number of para-hydroxylation sites is 4. The van der Waals surface area contributed by atoms with Crippen molar-refractivity contribution < 1.29 is 13.7 Å². The van der Waals surface area contributed by atoms with Crippen molar-refractivity contribution in [2.45, 2.75) is 39.5 Å². The summed E-state index contributed by atoms with van der Waals surface area (Å²) in [6.45, 7) is 10.9. The van der Waals surface area contributed by atoms with Gasteiger partial charge in [0.25, 0.3) is 0 Å². The van der Waals surface area contributed by atoms with Gasteiger partial charge < -0.3 is 19.6 Å². The number of unbranched alkanes of at least 4 members (excludes halogenated alkanes) is 2. The zero-order valence-corrected chi connectivity index (χ0v) is 22.3. The topological polar surface area (TPSA) is 25.9 Å². The summed E-state index contributed by atoms with van der Waals surface area (Å²) < 4.78 is 0. The first kappa shape index (κ1) is 24.9. The van der Waals surface area contributed by atoms with Crippen molar-refractivity contribution in [3.8, 4) is 0 Å². The van der Waals surface area contributed by atoms with E-state index in [-0.39, 0.29) is 0 Å². The number of hydrogen-bond donors (Lipinski definition) is 0. The number of pyridine rings is 1. The Hall–Kier alpha value is -2.24. The van der Waals surface area contributed by atoms with Crippen LogP contribution in [0, 0.1) is 13.3 Å². The third-order valence-electron chi connectivity index (χ3n) is 6.13. The van der Waals surface area contributed by atoms with Gasteiger partial charge in [0.05, 0.1) is 0 Å². The number of anilines is 6. The van der Waals surface area contributed by atoms with Gasteiger partial charge in [-0.3, -0.25) is 0 Å². The molecule has 0 saturated carbocycles. The van der Waals surface area contributed by atoms with E-state index in [2.05, 4.69) is 141 Å². The van der Waals surface area contributed by atoms with Gasteiger partial charge in [-0.15, -0.1) is 13.3 Å². The molecule has 0 amide bonds. The minimum absolute atomic E-state index is 0.937. The van der Waals surface area contributed by atoms with Crippen LogP contribution in [-0.4, -0.2) is 18.1 Å². The third kappa shape index (κ3) is 5.06. The third-order valence-corrected chi connectivity index (χ3v) is 6.13. The number of hydrogen-bond acceptors (Lipinski definition) is 5. The van der Waals surface area contributed by atoms with Crippen molar-refractivity contribution in [3.63, 3.8) is 0 Å². The van der Waals surface area contributed by atoms with Gasteiger partial charge in [-0.25, -0.2) is 4.98 Å². The Morgan fingerprint density at radius 1 is 0.647 bits per heavy atom. The predicted octanol–water partition coefficient (Wildman–Crippen LogP) is 7.68. The summed E-state index contributed by atoms with van der Waals surface area (Å²) in [5.74, 6) is 1.87. The Morgan fingerprint density at radius 3 is 1.47 bits per heavy atom. The molecule has 2 aliphatic rings. The van der Waals surface area contributed by atoms with Crippen LogP contribution in [0.4, 0.5) is 34.4 Å². The number of halogens is 1. The van der Waals surface area contributed by atoms with Crippen LogP contribution in [0.2, 0.25) is 0 Å². The van der Waals surface area contributed by atoms with Crippen molar-refractivity contribution in [2.24, 2.45) is 0 Å². The SMILES string of the molecule is CCCCN1[CH-]N(c2cccc(N3[CH-]N(CCCC)c4ccccc43)n2)c2ccccc21.[Ni][Br]. The molecule has 0 unspecified atom stereocenters. The number of fused-ring (bicyclic) bond motifs is 2. The number of benzene rings is 2. The molecule has 0 spiro atoms. The molecule has 183 valence electrons. The van der Waals surface area contributed by atoms with Gasteiger partial charge in [-0.05, 0) is 62.3 Å². The summed E-state index contributed by atoms with van der Waals surface area (Å²) in [6.07, 6.45) is 4.69. The molecule has 0 bridgehead atoms. The Kier molecular flexibility index (Phi) is 8.74. The van der Waals surface area contributed by atoms with Crippen molar-refractivity contribution in [3.05, 3.63) is 80.1 Å². The summed E-state index contributed by atoms with van der Waals surface area (Å²) >= 11 is 6.25. The maximum atomic E-state index is 5.10. The summed E-state index contributed by atoms with van der Waals surface area (Å²) in [5.41, 5.74) is 4.86. The van der Waals surface area contributed by atoms with E-state index in [1.165, 1.54) is 48.4 Å². The summed E-state index contributed by atoms with van der Waals surface area (Å²) in [5, 5.41) is 0. The molecule has 1 aromatic heterocycles. The van der Waals surface area contributed by atoms with E-state index in [4.69, 9.17) is 4.98 Å². The molecule has 2 aliphatic heterocycles. The van der Waals surface area contributed by atoms with Crippen molar-refractivity contribution in [1.29, 1.82) is 0 Å². The second kappa shape index (κ2) is 11.9. The van der Waals surface area contributed by atoms with Crippen molar-refractivity contribution in [1.82, 2.24) is 4.98 Å². The van der Waals surface area contributed by atoms with E-state index in [0.29, 0.717) is 0 Å². The minimum atomic E-state index is 0.937. The van der Waals surface area contributed by atoms with Crippen LogP contribution in [-0.2, 0) is 13.7 Å². The molecular weight excluding hydrogens is 533 g/mol. The summed E-state index contributed by atoms with van der Waals surface area (Å²) in [4.78, 5) is 14.2. The van der Waals surface area contributed by atoms with Gasteiger partial charge in [-0.2, -0.15) is 0 Å². The quantitative estimate of drug-likeness (QED) is 0.207. The molecule has 3 aromatic rings. The summed E-state index contributed by atoms with van der Waals surface area (Å²) in [6, 6.07) is 23.5. The average Bonchev–Trinajstić information content (AvgIpc) is 3.46. The molecule has 5 nitrogen and oxygen atoms in total. The van der Waals surface area contributed by atoms with E-state index < -0.39 is 0 Å². The fourth-order valence-corrected chi connectivity index (χ4v) is 4.41. The molecule has 0 atom stereocenters. The van der Waals surface area contributed by atoms with Crippen LogP contribution in [0.1, 0.15) is 39.5 Å². The molecular formula is C27H31BrN5Ni-2. The van der Waals surface area contributed by atoms with E-state index in [0.717, 1.165) is 24.7 Å². The van der Waals surface area contributed by atoms with Gasteiger partial charge in [0, 0.05) is 22.7 Å². The van der Waals surface area contributed by atoms with Crippen LogP contribution in [0.25, 0.3) is 0 Å². The Bertz CT molecular complexity index is 997. The van der Waals surface area contributed by atoms with Gasteiger partial charge >= 0.3 is 27.9 Å².